The van der Waals surface area contributed by atoms with Gasteiger partial charge in [-0.3, -0.25) is 14.2 Å². The molecule has 0 unspecified atom stereocenters. The third-order valence-electron chi connectivity index (χ3n) is 3.09. The van der Waals surface area contributed by atoms with Crippen molar-refractivity contribution in [3.8, 4) is 0 Å². The quantitative estimate of drug-likeness (QED) is 0.457. The summed E-state index contributed by atoms with van der Waals surface area (Å²) < 4.78 is 16.0. The van der Waals surface area contributed by atoms with Crippen molar-refractivity contribution in [1.82, 2.24) is 5.32 Å². The minimum Gasteiger partial charge on any atom is -0.466 e. The first kappa shape index (κ1) is 19.4. The average molecular weight is 343 g/mol. The molecule has 1 aromatic carbocycles. The Morgan fingerprint density at radius 1 is 1.26 bits per heavy atom. The first-order valence-corrected chi connectivity index (χ1v) is 9.13. The van der Waals surface area contributed by atoms with Crippen molar-refractivity contribution in [3.05, 3.63) is 35.9 Å². The first-order valence-electron chi connectivity index (χ1n) is 7.33. The monoisotopic (exact) mass is 343 g/mol. The predicted molar refractivity (Wildman–Crippen MR) is 84.8 cm³/mol. The molecule has 8 heteroatoms. The summed E-state index contributed by atoms with van der Waals surface area (Å²) in [5, 5.41) is 2.53. The molecule has 3 N–H and O–H groups in total. The van der Waals surface area contributed by atoms with Crippen LogP contribution in [0.15, 0.2) is 30.3 Å². The van der Waals surface area contributed by atoms with Gasteiger partial charge in [0.2, 0.25) is 5.91 Å². The molecule has 0 radical (unpaired) electrons. The highest BCUT2D eigenvalue weighted by molar-refractivity contribution is 7.51. The summed E-state index contributed by atoms with van der Waals surface area (Å²) in [5.74, 6) is -1.77. The van der Waals surface area contributed by atoms with Crippen molar-refractivity contribution in [2.75, 3.05) is 19.3 Å². The largest absolute Gasteiger partial charge is 0.466 e. The molecule has 0 spiro atoms. The molecule has 1 aromatic rings. The zero-order valence-electron chi connectivity index (χ0n) is 13.0. The average Bonchev–Trinajstić information content (AvgIpc) is 2.46. The third kappa shape index (κ3) is 8.50. The van der Waals surface area contributed by atoms with Gasteiger partial charge < -0.3 is 19.8 Å². The molecule has 1 atom stereocenters. The summed E-state index contributed by atoms with van der Waals surface area (Å²) in [7, 11) is -4.33. The molecule has 1 amide bonds. The Morgan fingerprint density at radius 2 is 1.91 bits per heavy atom. The van der Waals surface area contributed by atoms with Crippen LogP contribution in [0.5, 0.6) is 0 Å². The van der Waals surface area contributed by atoms with E-state index in [-0.39, 0.29) is 26.0 Å². The third-order valence-corrected chi connectivity index (χ3v) is 4.00. The molecule has 128 valence electrons. The number of ether oxygens (including phenoxy) is 1. The van der Waals surface area contributed by atoms with Crippen LogP contribution in [-0.4, -0.2) is 41.0 Å². The minimum absolute atomic E-state index is 0.0214. The summed E-state index contributed by atoms with van der Waals surface area (Å²) >= 11 is 0. The zero-order chi connectivity index (χ0) is 17.3. The second-order valence-corrected chi connectivity index (χ2v) is 6.77. The molecule has 0 fully saturated rings. The Hall–Kier alpha value is -1.69. The number of carbonyl (C=O) groups excluding carboxylic acids is 2. The van der Waals surface area contributed by atoms with E-state index in [0.29, 0.717) is 0 Å². The number of rotatable bonds is 9. The number of amides is 1. The lowest BCUT2D eigenvalue weighted by Crippen LogP contribution is -2.35. The van der Waals surface area contributed by atoms with E-state index < -0.39 is 31.6 Å². The minimum atomic E-state index is -4.33. The molecule has 0 heterocycles. The normalized spacial score (nSPS) is 12.5. The van der Waals surface area contributed by atoms with E-state index in [2.05, 4.69) is 5.32 Å². The number of nitrogens with one attached hydrogen (secondary N) is 1. The molecule has 23 heavy (non-hydrogen) atoms. The summed E-state index contributed by atoms with van der Waals surface area (Å²) in [6.07, 6.45) is -0.294. The Kier molecular flexibility index (Phi) is 7.95. The molecule has 0 aliphatic rings. The molecule has 0 aliphatic carbocycles. The fourth-order valence-corrected chi connectivity index (χ4v) is 2.96. The summed E-state index contributed by atoms with van der Waals surface area (Å²) in [6.45, 7) is 2.03. The fraction of sp³-hybridized carbons (Fsp3) is 0.467. The first-order chi connectivity index (χ1) is 10.8. The SMILES string of the molecule is CCOC(=O)CCNC(=O)[C@H](Cc1ccccc1)CP(=O)(O)O. The van der Waals surface area contributed by atoms with Crippen LogP contribution in [0.1, 0.15) is 18.9 Å². The number of hydrogen-bond acceptors (Lipinski definition) is 4. The van der Waals surface area contributed by atoms with Crippen LogP contribution in [0, 0.1) is 5.92 Å². The van der Waals surface area contributed by atoms with Crippen molar-refractivity contribution in [2.45, 2.75) is 19.8 Å². The van der Waals surface area contributed by atoms with Crippen LogP contribution >= 0.6 is 7.60 Å². The molecular weight excluding hydrogens is 321 g/mol. The van der Waals surface area contributed by atoms with E-state index in [1.54, 1.807) is 31.2 Å². The van der Waals surface area contributed by atoms with E-state index in [1.165, 1.54) is 0 Å². The summed E-state index contributed by atoms with van der Waals surface area (Å²) in [6, 6.07) is 8.99. The second-order valence-electron chi connectivity index (χ2n) is 5.08. The molecule has 1 rings (SSSR count). The Labute approximate surface area is 135 Å². The lowest BCUT2D eigenvalue weighted by atomic mass is 10.0. The van der Waals surface area contributed by atoms with Gasteiger partial charge in [0.15, 0.2) is 0 Å². The zero-order valence-corrected chi connectivity index (χ0v) is 13.9. The van der Waals surface area contributed by atoms with Gasteiger partial charge in [0.05, 0.1) is 25.1 Å². The molecule has 0 saturated carbocycles. The van der Waals surface area contributed by atoms with Crippen LogP contribution in [0.3, 0.4) is 0 Å². The highest BCUT2D eigenvalue weighted by atomic mass is 31.2. The number of carbonyl (C=O) groups is 2. The molecule has 7 nitrogen and oxygen atoms in total. The number of hydrogen-bond donors (Lipinski definition) is 3. The molecular formula is C15H22NO6P. The van der Waals surface area contributed by atoms with Crippen molar-refractivity contribution in [2.24, 2.45) is 5.92 Å². The van der Waals surface area contributed by atoms with E-state index in [4.69, 9.17) is 14.5 Å². The van der Waals surface area contributed by atoms with E-state index in [0.717, 1.165) is 5.56 Å². The molecule has 0 aliphatic heterocycles. The highest BCUT2D eigenvalue weighted by Crippen LogP contribution is 2.37. The van der Waals surface area contributed by atoms with Crippen LogP contribution in [-0.2, 0) is 25.3 Å². The van der Waals surface area contributed by atoms with Crippen molar-refractivity contribution >= 4 is 19.5 Å². The van der Waals surface area contributed by atoms with Gasteiger partial charge in [-0.15, -0.1) is 0 Å². The number of benzene rings is 1. The van der Waals surface area contributed by atoms with E-state index >= 15 is 0 Å². The number of esters is 1. The van der Waals surface area contributed by atoms with Gasteiger partial charge in [-0.2, -0.15) is 0 Å². The summed E-state index contributed by atoms with van der Waals surface area (Å²) in [5.41, 5.74) is 0.812. The maximum Gasteiger partial charge on any atom is 0.326 e. The van der Waals surface area contributed by atoms with Crippen molar-refractivity contribution in [3.63, 3.8) is 0 Å². The maximum atomic E-state index is 12.2. The lowest BCUT2D eigenvalue weighted by molar-refractivity contribution is -0.143. The second kappa shape index (κ2) is 9.45. The topological polar surface area (TPSA) is 113 Å². The maximum absolute atomic E-state index is 12.2. The molecule has 0 saturated heterocycles. The van der Waals surface area contributed by atoms with Crippen molar-refractivity contribution in [1.29, 1.82) is 0 Å². The van der Waals surface area contributed by atoms with Gasteiger partial charge in [0.25, 0.3) is 0 Å². The van der Waals surface area contributed by atoms with Gasteiger partial charge in [0.1, 0.15) is 0 Å². The van der Waals surface area contributed by atoms with Crippen LogP contribution in [0.4, 0.5) is 0 Å². The van der Waals surface area contributed by atoms with E-state index in [9.17, 15) is 14.2 Å². The molecule has 0 aromatic heterocycles. The fourth-order valence-electron chi connectivity index (χ4n) is 2.09. The van der Waals surface area contributed by atoms with Gasteiger partial charge in [0, 0.05) is 6.54 Å². The summed E-state index contributed by atoms with van der Waals surface area (Å²) in [4.78, 5) is 41.7. The van der Waals surface area contributed by atoms with Gasteiger partial charge >= 0.3 is 13.6 Å². The van der Waals surface area contributed by atoms with Crippen LogP contribution in [0.25, 0.3) is 0 Å². The standard InChI is InChI=1S/C15H22NO6P/c1-2-22-14(17)8-9-16-15(18)13(11-23(19,20)21)10-12-6-4-3-5-7-12/h3-7,13H,2,8-11H2,1H3,(H,16,18)(H2,19,20,21)/t13-/m1/s1. The lowest BCUT2D eigenvalue weighted by Gasteiger charge is -2.17. The Balaban J connectivity index is 2.62. The van der Waals surface area contributed by atoms with Crippen molar-refractivity contribution < 1.29 is 28.7 Å². The predicted octanol–water partition coefficient (Wildman–Crippen LogP) is 1.09. The van der Waals surface area contributed by atoms with Gasteiger partial charge in [-0.1, -0.05) is 30.3 Å². The molecule has 0 bridgehead atoms. The van der Waals surface area contributed by atoms with Gasteiger partial charge in [-0.25, -0.2) is 0 Å². The van der Waals surface area contributed by atoms with Crippen LogP contribution < -0.4 is 5.32 Å². The highest BCUT2D eigenvalue weighted by Gasteiger charge is 2.27. The Morgan fingerprint density at radius 3 is 2.48 bits per heavy atom. The van der Waals surface area contributed by atoms with Gasteiger partial charge in [-0.05, 0) is 18.9 Å². The van der Waals surface area contributed by atoms with E-state index in [1.807, 2.05) is 6.07 Å². The smallest absolute Gasteiger partial charge is 0.326 e. The Bertz CT molecular complexity index is 556. The van der Waals surface area contributed by atoms with Crippen LogP contribution in [0.2, 0.25) is 0 Å².